The molecule has 13 N–H and O–H groups in total. The minimum absolute atomic E-state index is 0.00425. The predicted molar refractivity (Wildman–Crippen MR) is 281 cm³/mol. The molecule has 0 radical (unpaired) electrons. The molecule has 2 saturated heterocycles. The summed E-state index contributed by atoms with van der Waals surface area (Å²) >= 11 is 2.83. The first-order valence-corrected chi connectivity index (χ1v) is 32.6. The Morgan fingerprint density at radius 3 is 2.40 bits per heavy atom. The Morgan fingerprint density at radius 2 is 1.71 bits per heavy atom. The maximum Gasteiger partial charge on any atom is 0.481 e. The quantitative estimate of drug-likeness (QED) is 0.00933. The third-order valence-electron chi connectivity index (χ3n) is 11.8. The highest BCUT2D eigenvalue weighted by Crippen LogP contribution is 2.61. The normalized spacial score (nSPS) is 22.6. The summed E-state index contributed by atoms with van der Waals surface area (Å²) in [4.78, 5) is 119. The highest BCUT2D eigenvalue weighted by molar-refractivity contribution is 8.14. The van der Waals surface area contributed by atoms with E-state index in [1.165, 1.54) is 42.6 Å². The molecule has 450 valence electrons. The van der Waals surface area contributed by atoms with Crippen LogP contribution >= 0.6 is 58.8 Å². The second kappa shape index (κ2) is 26.6. The number of phosphoric ester groups is 3. The van der Waals surface area contributed by atoms with E-state index in [1.807, 2.05) is 0 Å². The standard InChI is InChI=1S/C39H52N13O23P3S4/c1-39(2,15-72-78(66,67)75-77(64,65)71-12-21-28(74-76(61,62)63)27(55)35(73-21)50-17-45-23-30(40)43-16-44-31(23)50)29(56)33(58)42-9-8-22(53)41-10-11-79-37(60)25-20(14-81-38-47-48-49-51(38)18-82(68,69)70)13-80-36-24(34(59)52(25)36)46-32(57)26(54)19-6-4-3-5-7-19/h3-7,16-17,21,24,26-29,35-36,54-56H,8-15,18H2,1-2H3,(H,41,53)(H,42,58)(H,46,57)(H,64,65)(H,66,67)(H2,40,43,44)(H2,61,62,63)(H,68,69,70)/t21?,24-,26?,27?,28?,29?,35?,36-/m1/s1. The molecule has 0 saturated carbocycles. The lowest BCUT2D eigenvalue weighted by molar-refractivity contribution is -0.148. The number of aliphatic hydroxyl groups excluding tert-OH is 3. The number of tetrazole rings is 1. The Morgan fingerprint density at radius 1 is 1.00 bits per heavy atom. The number of carbonyl (C=O) groups excluding carboxylic acids is 5. The zero-order valence-electron chi connectivity index (χ0n) is 42.3. The van der Waals surface area contributed by atoms with Crippen molar-refractivity contribution >= 4 is 115 Å². The van der Waals surface area contributed by atoms with Crippen LogP contribution in [0.4, 0.5) is 5.82 Å². The van der Waals surface area contributed by atoms with Gasteiger partial charge in [0.2, 0.25) is 22.1 Å². The van der Waals surface area contributed by atoms with Crippen molar-refractivity contribution in [3.63, 3.8) is 0 Å². The smallest absolute Gasteiger partial charge is 0.386 e. The zero-order chi connectivity index (χ0) is 60.1. The minimum atomic E-state index is -5.67. The minimum Gasteiger partial charge on any atom is -0.386 e. The van der Waals surface area contributed by atoms with Gasteiger partial charge in [0.25, 0.3) is 21.9 Å². The molecule has 82 heavy (non-hydrogen) atoms. The van der Waals surface area contributed by atoms with Crippen LogP contribution in [0.1, 0.15) is 38.2 Å². The molecule has 1 aromatic carbocycles. The molecule has 2 fully saturated rings. The monoisotopic (exact) mass is 1290 g/mol. The Bertz CT molecular complexity index is 3340. The van der Waals surface area contributed by atoms with Gasteiger partial charge in [0, 0.05) is 42.2 Å². The SMILES string of the molecule is CC(C)(COP(=O)(O)OP(=O)(O)OCC1OC(n2cnc3c(N)ncnc32)C(O)C1OP(=O)(O)O)C(O)C(=O)NCCC(=O)NCCSC(=O)C1=C(CSc2nnnn2CS(=O)(=O)O)CS[C@@H]2[C@H](NC(=O)C(O)c3ccccc3)C(=O)N12. The summed E-state index contributed by atoms with van der Waals surface area (Å²) in [6, 6.07) is 6.84. The third kappa shape index (κ3) is 16.5. The number of thioether (sulfide) groups is 3. The number of hydrogen-bond acceptors (Lipinski definition) is 28. The van der Waals surface area contributed by atoms with Gasteiger partial charge in [-0.25, -0.2) is 33.3 Å². The fourth-order valence-corrected chi connectivity index (χ4v) is 14.4. The van der Waals surface area contributed by atoms with E-state index in [2.05, 4.69) is 55.3 Å². The number of carbonyl (C=O) groups is 5. The largest absolute Gasteiger partial charge is 0.481 e. The van der Waals surface area contributed by atoms with Gasteiger partial charge in [-0.05, 0) is 21.6 Å². The van der Waals surface area contributed by atoms with Crippen molar-refractivity contribution in [3.8, 4) is 0 Å². The van der Waals surface area contributed by atoms with Crippen LogP contribution in [0.2, 0.25) is 0 Å². The first-order valence-electron chi connectivity index (χ1n) is 23.5. The van der Waals surface area contributed by atoms with Crippen LogP contribution in [0.3, 0.4) is 0 Å². The van der Waals surface area contributed by atoms with Crippen LogP contribution < -0.4 is 21.7 Å². The average Bonchev–Trinajstić information content (AvgIpc) is 1.44. The van der Waals surface area contributed by atoms with E-state index < -0.39 is 135 Å². The van der Waals surface area contributed by atoms with Gasteiger partial charge in [-0.1, -0.05) is 67.7 Å². The van der Waals surface area contributed by atoms with Crippen molar-refractivity contribution in [2.75, 3.05) is 49.3 Å². The number of nitrogen functional groups attached to an aromatic ring is 1. The number of rotatable bonds is 28. The molecule has 0 bridgehead atoms. The van der Waals surface area contributed by atoms with Gasteiger partial charge in [-0.3, -0.25) is 51.6 Å². The Balaban J connectivity index is 0.861. The maximum atomic E-state index is 13.9. The van der Waals surface area contributed by atoms with Crippen molar-refractivity contribution in [2.45, 2.75) is 79.5 Å². The summed E-state index contributed by atoms with van der Waals surface area (Å²) in [5.74, 6) is -4.23. The van der Waals surface area contributed by atoms with E-state index in [1.54, 1.807) is 18.2 Å². The summed E-state index contributed by atoms with van der Waals surface area (Å²) in [5.41, 5.74) is 4.72. The number of aliphatic hydroxyl groups is 3. The first kappa shape index (κ1) is 64.7. The average molecular weight is 1290 g/mol. The van der Waals surface area contributed by atoms with Crippen molar-refractivity contribution in [2.24, 2.45) is 5.41 Å². The third-order valence-corrected chi connectivity index (χ3v) is 18.7. The number of hydrogen-bond donors (Lipinski definition) is 12. The number of amides is 4. The molecular weight excluding hydrogens is 1240 g/mol. The number of nitrogens with zero attached hydrogens (tertiary/aromatic N) is 9. The second-order valence-electron chi connectivity index (χ2n) is 18.3. The topological polar surface area (TPSA) is 531 Å². The lowest BCUT2D eigenvalue weighted by atomic mass is 9.87. The van der Waals surface area contributed by atoms with Crippen molar-refractivity contribution < 1.29 is 108 Å². The molecule has 7 rings (SSSR count). The number of aromatic nitrogens is 8. The van der Waals surface area contributed by atoms with Crippen LogP contribution in [0.15, 0.2) is 59.4 Å². The molecule has 0 spiro atoms. The molecule has 43 heteroatoms. The number of nitrogens with two attached hydrogens (primary N) is 1. The highest BCUT2D eigenvalue weighted by Gasteiger charge is 2.55. The van der Waals surface area contributed by atoms with E-state index in [-0.39, 0.29) is 70.2 Å². The maximum absolute atomic E-state index is 13.9. The van der Waals surface area contributed by atoms with E-state index in [0.717, 1.165) is 45.4 Å². The van der Waals surface area contributed by atoms with Gasteiger partial charge in [0.05, 0.1) is 19.5 Å². The number of ether oxygens (including phenoxy) is 1. The van der Waals surface area contributed by atoms with E-state index in [9.17, 15) is 85.5 Å². The highest BCUT2D eigenvalue weighted by atomic mass is 32.2. The Labute approximate surface area is 475 Å². The molecule has 10 atom stereocenters. The Hall–Kier alpha value is -4.90. The molecule has 0 aliphatic carbocycles. The van der Waals surface area contributed by atoms with E-state index >= 15 is 0 Å². The van der Waals surface area contributed by atoms with E-state index in [0.29, 0.717) is 5.57 Å². The number of fused-ring (bicyclic) bond motifs is 2. The number of benzene rings is 1. The molecule has 36 nitrogen and oxygen atoms in total. The second-order valence-corrected chi connectivity index (χ2v) is 27.1. The van der Waals surface area contributed by atoms with E-state index in [4.69, 9.17) is 19.5 Å². The van der Waals surface area contributed by atoms with Crippen LogP contribution in [0.25, 0.3) is 11.2 Å². The molecule has 4 aromatic rings. The molecule has 6 heterocycles. The Kier molecular flexibility index (Phi) is 20.9. The van der Waals surface area contributed by atoms with Crippen LogP contribution in [-0.4, -0.2) is 201 Å². The summed E-state index contributed by atoms with van der Waals surface area (Å²) in [6.07, 6.45) is -9.09. The predicted octanol–water partition coefficient (Wildman–Crippen LogP) is -2.32. The number of anilines is 1. The summed E-state index contributed by atoms with van der Waals surface area (Å²) < 4.78 is 95.9. The zero-order valence-corrected chi connectivity index (χ0v) is 48.3. The van der Waals surface area contributed by atoms with Gasteiger partial charge in [-0.2, -0.15) is 12.7 Å². The summed E-state index contributed by atoms with van der Waals surface area (Å²) in [5, 5.41) is 49.1. The van der Waals surface area contributed by atoms with Crippen LogP contribution in [0, 0.1) is 5.41 Å². The summed E-state index contributed by atoms with van der Waals surface area (Å²) in [7, 11) is -21.2. The first-order chi connectivity index (χ1) is 38.3. The lowest BCUT2D eigenvalue weighted by Crippen LogP contribution is -2.70. The fraction of sp³-hybridized carbons (Fsp3) is 0.513. The fourth-order valence-electron chi connectivity index (χ4n) is 7.83. The van der Waals surface area contributed by atoms with Gasteiger partial charge in [-0.15, -0.1) is 16.9 Å². The number of β-lactam (4-membered cyclic amide) rings is 1. The van der Waals surface area contributed by atoms with Crippen molar-refractivity contribution in [1.29, 1.82) is 0 Å². The van der Waals surface area contributed by atoms with Crippen molar-refractivity contribution in [1.82, 2.24) is 60.6 Å². The summed E-state index contributed by atoms with van der Waals surface area (Å²) in [6.45, 7) is -0.262. The number of nitrogens with one attached hydrogen (secondary N) is 3. The number of imidazole rings is 1. The van der Waals surface area contributed by atoms with Gasteiger partial charge in [0.15, 0.2) is 29.7 Å². The lowest BCUT2D eigenvalue weighted by Gasteiger charge is -2.50. The molecule has 8 unspecified atom stereocenters. The molecule has 3 aromatic heterocycles. The number of phosphoric acid groups is 3. The van der Waals surface area contributed by atoms with Crippen molar-refractivity contribution in [3.05, 3.63) is 59.8 Å². The van der Waals surface area contributed by atoms with Crippen LogP contribution in [0.5, 0.6) is 0 Å². The van der Waals surface area contributed by atoms with Gasteiger partial charge < -0.3 is 61.3 Å². The molecule has 4 amide bonds. The molecule has 3 aliphatic rings. The molecular formula is C39H52N13O23P3S4. The van der Waals surface area contributed by atoms with Crippen LogP contribution in [-0.2, 0) is 76.3 Å². The van der Waals surface area contributed by atoms with Gasteiger partial charge >= 0.3 is 23.5 Å². The van der Waals surface area contributed by atoms with Gasteiger partial charge in [0.1, 0.15) is 53.4 Å². The molecule has 3 aliphatic heterocycles.